The largest absolute Gasteiger partial charge is 0.496 e. The Kier molecular flexibility index (Phi) is 8.29. The number of aryl methyl sites for hydroxylation is 1. The lowest BCUT2D eigenvalue weighted by Crippen LogP contribution is -2.53. The minimum atomic E-state index is -0.707. The first-order valence-electron chi connectivity index (χ1n) is 11.2. The Morgan fingerprint density at radius 1 is 1.06 bits per heavy atom. The molecule has 0 aliphatic carbocycles. The summed E-state index contributed by atoms with van der Waals surface area (Å²) < 4.78 is 5.38. The van der Waals surface area contributed by atoms with E-state index in [0.29, 0.717) is 38.1 Å². The van der Waals surface area contributed by atoms with Gasteiger partial charge in [-0.05, 0) is 43.5 Å². The van der Waals surface area contributed by atoms with Crippen LogP contribution in [0.3, 0.4) is 0 Å². The summed E-state index contributed by atoms with van der Waals surface area (Å²) in [4.78, 5) is 39.0. The molecule has 0 bridgehead atoms. The maximum atomic E-state index is 13.0. The van der Waals surface area contributed by atoms with Gasteiger partial charge in [0.1, 0.15) is 11.8 Å². The Labute approximate surface area is 194 Å². The molecule has 0 aromatic heterocycles. The summed E-state index contributed by atoms with van der Waals surface area (Å²) in [5, 5.41) is 8.70. The number of urea groups is 1. The molecule has 176 valence electrons. The SMILES string of the molecule is COc1ccccc1C[C@H](NC(C)=O)C(=O)NC1CCN(C(=O)Nc2ccc(C)cc2)CC1. The van der Waals surface area contributed by atoms with Crippen LogP contribution in [0.15, 0.2) is 48.5 Å². The molecule has 1 aliphatic rings. The van der Waals surface area contributed by atoms with Crippen LogP contribution in [0.5, 0.6) is 5.75 Å². The molecule has 1 fully saturated rings. The number of amides is 4. The second-order valence-corrected chi connectivity index (χ2v) is 8.34. The van der Waals surface area contributed by atoms with Gasteiger partial charge in [-0.2, -0.15) is 0 Å². The first-order chi connectivity index (χ1) is 15.9. The van der Waals surface area contributed by atoms with Crippen molar-refractivity contribution < 1.29 is 19.1 Å². The van der Waals surface area contributed by atoms with Crippen LogP contribution in [0.2, 0.25) is 0 Å². The van der Waals surface area contributed by atoms with Crippen molar-refractivity contribution in [1.82, 2.24) is 15.5 Å². The summed E-state index contributed by atoms with van der Waals surface area (Å²) in [7, 11) is 1.58. The van der Waals surface area contributed by atoms with Crippen molar-refractivity contribution in [3.63, 3.8) is 0 Å². The zero-order valence-electron chi connectivity index (χ0n) is 19.4. The van der Waals surface area contributed by atoms with E-state index in [-0.39, 0.29) is 23.9 Å². The molecular formula is C25H32N4O4. The molecule has 3 N–H and O–H groups in total. The first kappa shape index (κ1) is 24.1. The third-order valence-corrected chi connectivity index (χ3v) is 5.74. The molecule has 8 nitrogen and oxygen atoms in total. The van der Waals surface area contributed by atoms with Crippen LogP contribution in [0.4, 0.5) is 10.5 Å². The number of hydrogen-bond acceptors (Lipinski definition) is 4. The summed E-state index contributed by atoms with van der Waals surface area (Å²) >= 11 is 0. The van der Waals surface area contributed by atoms with Crippen LogP contribution in [-0.4, -0.2) is 55.0 Å². The number of nitrogens with zero attached hydrogens (tertiary/aromatic N) is 1. The predicted octanol–water partition coefficient (Wildman–Crippen LogP) is 2.86. The van der Waals surface area contributed by atoms with Crippen molar-refractivity contribution in [2.24, 2.45) is 0 Å². The van der Waals surface area contributed by atoms with Crippen LogP contribution in [0.25, 0.3) is 0 Å². The second-order valence-electron chi connectivity index (χ2n) is 8.34. The van der Waals surface area contributed by atoms with Crippen molar-refractivity contribution in [3.8, 4) is 5.75 Å². The fraction of sp³-hybridized carbons (Fsp3) is 0.400. The van der Waals surface area contributed by atoms with Gasteiger partial charge in [0.2, 0.25) is 11.8 Å². The smallest absolute Gasteiger partial charge is 0.321 e. The van der Waals surface area contributed by atoms with Crippen LogP contribution in [0, 0.1) is 6.92 Å². The Bertz CT molecular complexity index is 969. The number of methoxy groups -OCH3 is 1. The average molecular weight is 453 g/mol. The van der Waals surface area contributed by atoms with Gasteiger partial charge < -0.3 is 25.6 Å². The van der Waals surface area contributed by atoms with Crippen molar-refractivity contribution in [1.29, 1.82) is 0 Å². The number of ether oxygens (including phenoxy) is 1. The van der Waals surface area contributed by atoms with Gasteiger partial charge >= 0.3 is 6.03 Å². The number of rotatable bonds is 7. The first-order valence-corrected chi connectivity index (χ1v) is 11.2. The fourth-order valence-electron chi connectivity index (χ4n) is 3.91. The summed E-state index contributed by atoms with van der Waals surface area (Å²) in [6, 6.07) is 14.2. The van der Waals surface area contributed by atoms with Gasteiger partial charge in [0, 0.05) is 38.2 Å². The standard InChI is InChI=1S/C25H32N4O4/c1-17-8-10-20(11-9-17)28-25(32)29-14-12-21(13-15-29)27-24(31)22(26-18(2)30)16-19-6-4-5-7-23(19)33-3/h4-11,21-22H,12-16H2,1-3H3,(H,26,30)(H,27,31)(H,28,32)/t22-/m0/s1. The predicted molar refractivity (Wildman–Crippen MR) is 127 cm³/mol. The highest BCUT2D eigenvalue weighted by Crippen LogP contribution is 2.20. The third-order valence-electron chi connectivity index (χ3n) is 5.74. The molecule has 0 unspecified atom stereocenters. The Hall–Kier alpha value is -3.55. The summed E-state index contributed by atoms with van der Waals surface area (Å²) in [6.45, 7) is 4.48. The molecule has 1 atom stereocenters. The number of carbonyl (C=O) groups is 3. The van der Waals surface area contributed by atoms with E-state index >= 15 is 0 Å². The monoisotopic (exact) mass is 452 g/mol. The molecule has 1 aliphatic heterocycles. The number of benzene rings is 2. The lowest BCUT2D eigenvalue weighted by molar-refractivity contribution is -0.128. The lowest BCUT2D eigenvalue weighted by atomic mass is 10.0. The number of piperidine rings is 1. The molecular weight excluding hydrogens is 420 g/mol. The van der Waals surface area contributed by atoms with E-state index in [1.54, 1.807) is 12.0 Å². The maximum Gasteiger partial charge on any atom is 0.321 e. The van der Waals surface area contributed by atoms with E-state index in [9.17, 15) is 14.4 Å². The van der Waals surface area contributed by atoms with Gasteiger partial charge in [0.05, 0.1) is 7.11 Å². The molecule has 2 aromatic rings. The molecule has 2 aromatic carbocycles. The van der Waals surface area contributed by atoms with E-state index in [0.717, 1.165) is 16.8 Å². The summed E-state index contributed by atoms with van der Waals surface area (Å²) in [5.74, 6) is 0.167. The van der Waals surface area contributed by atoms with Gasteiger partial charge in [-0.15, -0.1) is 0 Å². The molecule has 33 heavy (non-hydrogen) atoms. The Morgan fingerprint density at radius 3 is 2.36 bits per heavy atom. The highest BCUT2D eigenvalue weighted by molar-refractivity contribution is 5.89. The third kappa shape index (κ3) is 6.97. The van der Waals surface area contributed by atoms with Gasteiger partial charge in [-0.1, -0.05) is 35.9 Å². The fourth-order valence-corrected chi connectivity index (χ4v) is 3.91. The number of carbonyl (C=O) groups excluding carboxylic acids is 3. The molecule has 8 heteroatoms. The van der Waals surface area contributed by atoms with E-state index in [4.69, 9.17) is 4.74 Å². The number of para-hydroxylation sites is 1. The molecule has 3 rings (SSSR count). The highest BCUT2D eigenvalue weighted by Gasteiger charge is 2.27. The molecule has 0 spiro atoms. The number of anilines is 1. The van der Waals surface area contributed by atoms with Crippen molar-refractivity contribution in [2.75, 3.05) is 25.5 Å². The van der Waals surface area contributed by atoms with Crippen molar-refractivity contribution in [3.05, 3.63) is 59.7 Å². The number of nitrogens with one attached hydrogen (secondary N) is 3. The molecule has 0 saturated carbocycles. The topological polar surface area (TPSA) is 99.8 Å². The van der Waals surface area contributed by atoms with Crippen molar-refractivity contribution >= 4 is 23.5 Å². The summed E-state index contributed by atoms with van der Waals surface area (Å²) in [6.07, 6.45) is 1.62. The minimum Gasteiger partial charge on any atom is -0.496 e. The van der Waals surface area contributed by atoms with Gasteiger partial charge in [-0.25, -0.2) is 4.79 Å². The summed E-state index contributed by atoms with van der Waals surface area (Å²) in [5.41, 5.74) is 2.74. The minimum absolute atomic E-state index is 0.0603. The normalized spacial score (nSPS) is 14.8. The van der Waals surface area contributed by atoms with Crippen LogP contribution >= 0.6 is 0 Å². The van der Waals surface area contributed by atoms with Crippen molar-refractivity contribution in [2.45, 2.75) is 45.2 Å². The van der Waals surface area contributed by atoms with E-state index < -0.39 is 6.04 Å². The van der Waals surface area contributed by atoms with Crippen LogP contribution in [-0.2, 0) is 16.0 Å². The zero-order chi connectivity index (χ0) is 23.8. The lowest BCUT2D eigenvalue weighted by Gasteiger charge is -2.33. The quantitative estimate of drug-likeness (QED) is 0.601. The van der Waals surface area contributed by atoms with Crippen LogP contribution in [0.1, 0.15) is 30.9 Å². The Morgan fingerprint density at radius 2 is 1.73 bits per heavy atom. The van der Waals surface area contributed by atoms with E-state index in [1.165, 1.54) is 6.92 Å². The van der Waals surface area contributed by atoms with Gasteiger partial charge in [0.15, 0.2) is 0 Å². The second kappa shape index (κ2) is 11.4. The average Bonchev–Trinajstić information content (AvgIpc) is 2.80. The number of likely N-dealkylation sites (tertiary alicyclic amines) is 1. The highest BCUT2D eigenvalue weighted by atomic mass is 16.5. The molecule has 1 heterocycles. The Balaban J connectivity index is 1.53. The molecule has 4 amide bonds. The van der Waals surface area contributed by atoms with E-state index in [1.807, 2.05) is 55.5 Å². The van der Waals surface area contributed by atoms with Gasteiger partial charge in [-0.3, -0.25) is 9.59 Å². The molecule has 0 radical (unpaired) electrons. The van der Waals surface area contributed by atoms with Crippen LogP contribution < -0.4 is 20.7 Å². The molecule has 1 saturated heterocycles. The maximum absolute atomic E-state index is 13.0. The number of hydrogen-bond donors (Lipinski definition) is 3. The zero-order valence-corrected chi connectivity index (χ0v) is 19.4. The van der Waals surface area contributed by atoms with E-state index in [2.05, 4.69) is 16.0 Å². The van der Waals surface area contributed by atoms with Gasteiger partial charge in [0.25, 0.3) is 0 Å².